The van der Waals surface area contributed by atoms with E-state index >= 15 is 0 Å². The summed E-state index contributed by atoms with van der Waals surface area (Å²) in [5.74, 6) is -0.458. The lowest BCUT2D eigenvalue weighted by Crippen LogP contribution is -2.51. The number of aliphatic hydroxyl groups is 1. The fourth-order valence-electron chi connectivity index (χ4n) is 4.25. The number of benzene rings is 1. The Hall–Kier alpha value is -3.38. The number of aliphatic hydroxyl groups excluding tert-OH is 1. The van der Waals surface area contributed by atoms with Gasteiger partial charge < -0.3 is 15.3 Å². The molecule has 0 spiro atoms. The van der Waals surface area contributed by atoms with Gasteiger partial charge in [0.15, 0.2) is 6.10 Å². The summed E-state index contributed by atoms with van der Waals surface area (Å²) in [4.78, 5) is 31.3. The second-order valence-electron chi connectivity index (χ2n) is 7.94. The maximum absolute atomic E-state index is 13.0. The van der Waals surface area contributed by atoms with Gasteiger partial charge in [-0.15, -0.1) is 5.10 Å². The molecule has 3 aromatic rings. The van der Waals surface area contributed by atoms with Crippen LogP contribution in [0.1, 0.15) is 18.4 Å². The number of halogens is 1. The summed E-state index contributed by atoms with van der Waals surface area (Å²) in [5.41, 5.74) is 1.41. The standard InChI is InChI=1S/C19H20ClN9O3/c20-13-1-2-14(28-10-23-25-26-28)12(3-13)6-22-18(31)16-5-11-4-15(11)29(16)19(32)17(30)7-27-9-21-8-24-27/h1-3,8-11,15-17,30H,4-7H2,(H,22,31). The second-order valence-corrected chi connectivity index (χ2v) is 8.38. The molecule has 2 amide bonds. The molecule has 1 aromatic carbocycles. The highest BCUT2D eigenvalue weighted by Crippen LogP contribution is 2.48. The van der Waals surface area contributed by atoms with Crippen LogP contribution in [-0.4, -0.2) is 75.0 Å². The van der Waals surface area contributed by atoms with Crippen LogP contribution in [-0.2, 0) is 22.7 Å². The van der Waals surface area contributed by atoms with Crippen molar-refractivity contribution in [3.63, 3.8) is 0 Å². The van der Waals surface area contributed by atoms with Crippen LogP contribution >= 0.6 is 11.6 Å². The van der Waals surface area contributed by atoms with Gasteiger partial charge in [-0.2, -0.15) is 5.10 Å². The maximum atomic E-state index is 13.0. The Morgan fingerprint density at radius 1 is 1.28 bits per heavy atom. The number of aromatic nitrogens is 7. The van der Waals surface area contributed by atoms with Gasteiger partial charge in [-0.3, -0.25) is 9.59 Å². The van der Waals surface area contributed by atoms with Crippen molar-refractivity contribution in [2.24, 2.45) is 5.92 Å². The molecule has 1 saturated heterocycles. The number of tetrazole rings is 1. The van der Waals surface area contributed by atoms with Gasteiger partial charge in [0.05, 0.1) is 12.2 Å². The van der Waals surface area contributed by atoms with Gasteiger partial charge in [0, 0.05) is 17.6 Å². The molecule has 4 atom stereocenters. The van der Waals surface area contributed by atoms with Crippen molar-refractivity contribution in [1.82, 2.24) is 45.2 Å². The number of nitrogens with one attached hydrogen (secondary N) is 1. The fourth-order valence-corrected chi connectivity index (χ4v) is 4.45. The zero-order valence-electron chi connectivity index (χ0n) is 16.8. The molecule has 5 rings (SSSR count). The highest BCUT2D eigenvalue weighted by molar-refractivity contribution is 6.30. The van der Waals surface area contributed by atoms with E-state index in [1.807, 2.05) is 0 Å². The van der Waals surface area contributed by atoms with E-state index in [4.69, 9.17) is 11.6 Å². The predicted octanol–water partition coefficient (Wildman–Crippen LogP) is -0.426. The lowest BCUT2D eigenvalue weighted by atomic mass is 10.1. The van der Waals surface area contributed by atoms with Crippen molar-refractivity contribution in [2.75, 3.05) is 0 Å². The third kappa shape index (κ3) is 3.94. The molecule has 0 bridgehead atoms. The number of hydrogen-bond acceptors (Lipinski definition) is 8. The third-order valence-corrected chi connectivity index (χ3v) is 6.10. The number of fused-ring (bicyclic) bond motifs is 1. The zero-order chi connectivity index (χ0) is 22.2. The summed E-state index contributed by atoms with van der Waals surface area (Å²) in [6.45, 7) is 0.169. The SMILES string of the molecule is O=C(NCc1cc(Cl)ccc1-n1cnnn1)C1CC2CC2N1C(=O)C(O)Cn1cncn1. The summed E-state index contributed by atoms with van der Waals surface area (Å²) in [6, 6.07) is 4.57. The quantitative estimate of drug-likeness (QED) is 0.486. The molecule has 2 N–H and O–H groups in total. The first-order chi connectivity index (χ1) is 15.5. The van der Waals surface area contributed by atoms with Crippen LogP contribution in [0.4, 0.5) is 0 Å². The van der Waals surface area contributed by atoms with Crippen LogP contribution in [0.15, 0.2) is 37.2 Å². The van der Waals surface area contributed by atoms with Crippen molar-refractivity contribution in [3.05, 3.63) is 47.8 Å². The van der Waals surface area contributed by atoms with Crippen LogP contribution in [0.3, 0.4) is 0 Å². The largest absolute Gasteiger partial charge is 0.381 e. The Labute approximate surface area is 187 Å². The van der Waals surface area contributed by atoms with Crippen molar-refractivity contribution < 1.29 is 14.7 Å². The monoisotopic (exact) mass is 457 g/mol. The molecular formula is C19H20ClN9O3. The first kappa shape index (κ1) is 20.5. The van der Waals surface area contributed by atoms with Gasteiger partial charge >= 0.3 is 0 Å². The van der Waals surface area contributed by atoms with Crippen molar-refractivity contribution in [3.8, 4) is 5.69 Å². The Kier molecular flexibility index (Phi) is 5.31. The van der Waals surface area contributed by atoms with E-state index in [0.717, 1.165) is 12.0 Å². The molecule has 12 nitrogen and oxygen atoms in total. The van der Waals surface area contributed by atoms with Gasteiger partial charge in [-0.25, -0.2) is 14.3 Å². The van der Waals surface area contributed by atoms with E-state index in [1.54, 1.807) is 18.2 Å². The van der Waals surface area contributed by atoms with E-state index in [-0.39, 0.29) is 31.0 Å². The summed E-state index contributed by atoms with van der Waals surface area (Å²) >= 11 is 6.14. The number of carbonyl (C=O) groups excluding carboxylic acids is 2. The molecule has 32 heavy (non-hydrogen) atoms. The second kappa shape index (κ2) is 8.28. The first-order valence-corrected chi connectivity index (χ1v) is 10.5. The number of hydrogen-bond donors (Lipinski definition) is 2. The molecular weight excluding hydrogens is 438 g/mol. The average molecular weight is 458 g/mol. The minimum atomic E-state index is -1.30. The lowest BCUT2D eigenvalue weighted by Gasteiger charge is -2.28. The molecule has 166 valence electrons. The molecule has 13 heteroatoms. The van der Waals surface area contributed by atoms with Gasteiger partial charge in [0.1, 0.15) is 25.0 Å². The molecule has 1 aliphatic carbocycles. The highest BCUT2D eigenvalue weighted by atomic mass is 35.5. The van der Waals surface area contributed by atoms with Crippen LogP contribution in [0, 0.1) is 5.92 Å². The van der Waals surface area contributed by atoms with Crippen LogP contribution < -0.4 is 5.32 Å². The van der Waals surface area contributed by atoms with Gasteiger partial charge in [0.25, 0.3) is 5.91 Å². The van der Waals surface area contributed by atoms with E-state index in [2.05, 4.69) is 30.9 Å². The van der Waals surface area contributed by atoms with E-state index in [9.17, 15) is 14.7 Å². The maximum Gasteiger partial charge on any atom is 0.254 e. The number of rotatable bonds is 7. The minimum absolute atomic E-state index is 0.00778. The van der Waals surface area contributed by atoms with Crippen molar-refractivity contribution in [1.29, 1.82) is 0 Å². The zero-order valence-corrected chi connectivity index (χ0v) is 17.6. The number of carbonyl (C=O) groups is 2. The highest BCUT2D eigenvalue weighted by Gasteiger charge is 2.56. The van der Waals surface area contributed by atoms with E-state index < -0.39 is 18.1 Å². The molecule has 1 saturated carbocycles. The number of amides is 2. The smallest absolute Gasteiger partial charge is 0.254 e. The molecule has 2 fully saturated rings. The Bertz CT molecular complexity index is 1120. The summed E-state index contributed by atoms with van der Waals surface area (Å²) in [7, 11) is 0. The molecule has 1 aliphatic heterocycles. The van der Waals surface area contributed by atoms with Crippen molar-refractivity contribution >= 4 is 23.4 Å². The van der Waals surface area contributed by atoms with Gasteiger partial charge in [-0.1, -0.05) is 11.6 Å². The number of piperidine rings is 1. The molecule has 2 aliphatic rings. The first-order valence-electron chi connectivity index (χ1n) is 10.1. The Morgan fingerprint density at radius 3 is 2.91 bits per heavy atom. The average Bonchev–Trinajstić information content (AvgIpc) is 3.22. The van der Waals surface area contributed by atoms with Gasteiger partial charge in [-0.05, 0) is 52.9 Å². The van der Waals surface area contributed by atoms with Crippen LogP contribution in [0.25, 0.3) is 5.69 Å². The molecule has 2 aromatic heterocycles. The van der Waals surface area contributed by atoms with Crippen LogP contribution in [0.5, 0.6) is 0 Å². The lowest BCUT2D eigenvalue weighted by molar-refractivity contribution is -0.147. The Morgan fingerprint density at radius 2 is 2.16 bits per heavy atom. The van der Waals surface area contributed by atoms with Crippen LogP contribution in [0.2, 0.25) is 5.02 Å². The molecule has 3 heterocycles. The van der Waals surface area contributed by atoms with E-state index in [1.165, 1.54) is 33.2 Å². The predicted molar refractivity (Wildman–Crippen MR) is 109 cm³/mol. The summed E-state index contributed by atoms with van der Waals surface area (Å²) in [6.07, 6.45) is 4.34. The third-order valence-electron chi connectivity index (χ3n) is 5.86. The molecule has 0 radical (unpaired) electrons. The summed E-state index contributed by atoms with van der Waals surface area (Å²) in [5, 5.41) is 28.9. The summed E-state index contributed by atoms with van der Waals surface area (Å²) < 4.78 is 2.87. The van der Waals surface area contributed by atoms with E-state index in [0.29, 0.717) is 17.1 Å². The minimum Gasteiger partial charge on any atom is -0.381 e. The fraction of sp³-hybridized carbons (Fsp3) is 0.421. The molecule has 4 unspecified atom stereocenters. The topological polar surface area (TPSA) is 144 Å². The Balaban J connectivity index is 1.27. The van der Waals surface area contributed by atoms with Gasteiger partial charge in [0.2, 0.25) is 5.91 Å². The number of likely N-dealkylation sites (tertiary alicyclic amines) is 1. The number of nitrogens with zero attached hydrogens (tertiary/aromatic N) is 8. The van der Waals surface area contributed by atoms with Crippen molar-refractivity contribution in [2.45, 2.75) is 44.1 Å². The normalized spacial score (nSPS) is 22.4.